The van der Waals surface area contributed by atoms with E-state index in [9.17, 15) is 5.11 Å². The van der Waals surface area contributed by atoms with E-state index < -0.39 is 6.10 Å². The first kappa shape index (κ1) is 24.6. The summed E-state index contributed by atoms with van der Waals surface area (Å²) >= 11 is 1.66. The van der Waals surface area contributed by atoms with Crippen molar-refractivity contribution in [3.05, 3.63) is 45.9 Å². The van der Waals surface area contributed by atoms with Crippen molar-refractivity contribution in [2.24, 2.45) is 4.99 Å². The van der Waals surface area contributed by atoms with Crippen LogP contribution in [0.3, 0.4) is 0 Å². The molecule has 2 aromatic rings. The second-order valence-corrected chi connectivity index (χ2v) is 7.57. The number of ether oxygens (including phenoxy) is 1. The fraction of sp³-hybridized carbons (Fsp3) is 0.500. The maximum atomic E-state index is 10.4. The molecular formula is C20H31IN4O2S. The molecule has 1 atom stereocenters. The van der Waals surface area contributed by atoms with Gasteiger partial charge in [0.15, 0.2) is 5.96 Å². The third kappa shape index (κ3) is 8.74. The minimum atomic E-state index is -0.658. The Labute approximate surface area is 188 Å². The predicted molar refractivity (Wildman–Crippen MR) is 127 cm³/mol. The van der Waals surface area contributed by atoms with Gasteiger partial charge < -0.3 is 20.5 Å². The maximum Gasteiger partial charge on any atom is 0.191 e. The molecule has 0 aliphatic rings. The summed E-state index contributed by atoms with van der Waals surface area (Å²) in [7, 11) is 0. The van der Waals surface area contributed by atoms with E-state index in [0.29, 0.717) is 5.96 Å². The van der Waals surface area contributed by atoms with Crippen molar-refractivity contribution >= 4 is 41.3 Å². The number of aromatic nitrogens is 1. The van der Waals surface area contributed by atoms with E-state index in [4.69, 9.17) is 4.74 Å². The van der Waals surface area contributed by atoms with E-state index in [-0.39, 0.29) is 36.6 Å². The zero-order valence-corrected chi connectivity index (χ0v) is 20.1. The molecule has 0 fully saturated rings. The first-order chi connectivity index (χ1) is 13.0. The Morgan fingerprint density at radius 1 is 1.25 bits per heavy atom. The largest absolute Gasteiger partial charge is 0.491 e. The SMILES string of the molecule is CCNC(=NCC(O)c1ccc(OC(C)C)cc1)NCCc1csc(C)n1.I. The molecule has 1 unspecified atom stereocenters. The standard InChI is InChI=1S/C20H30N4O2S.HI/c1-5-21-20(22-11-10-17-13-27-15(4)24-17)23-12-19(25)16-6-8-18(9-7-16)26-14(2)3;/h6-9,13-14,19,25H,5,10-12H2,1-4H3,(H2,21,22,23);1H. The summed E-state index contributed by atoms with van der Waals surface area (Å²) < 4.78 is 5.63. The molecule has 0 aliphatic carbocycles. The number of halogens is 1. The molecule has 0 aliphatic heterocycles. The number of thiazole rings is 1. The van der Waals surface area contributed by atoms with Crippen LogP contribution in [-0.4, -0.2) is 41.8 Å². The highest BCUT2D eigenvalue weighted by molar-refractivity contribution is 14.0. The third-order valence-corrected chi connectivity index (χ3v) is 4.57. The minimum Gasteiger partial charge on any atom is -0.491 e. The van der Waals surface area contributed by atoms with Crippen LogP contribution in [0.4, 0.5) is 0 Å². The summed E-state index contributed by atoms with van der Waals surface area (Å²) in [5, 5.41) is 20.1. The highest BCUT2D eigenvalue weighted by atomic mass is 127. The van der Waals surface area contributed by atoms with Crippen LogP contribution in [0.1, 0.15) is 43.1 Å². The third-order valence-electron chi connectivity index (χ3n) is 3.74. The Morgan fingerprint density at radius 2 is 1.96 bits per heavy atom. The Hall–Kier alpha value is -1.39. The average molecular weight is 518 g/mol. The van der Waals surface area contributed by atoms with Gasteiger partial charge in [-0.05, 0) is 45.4 Å². The normalized spacial score (nSPS) is 12.4. The molecule has 0 spiro atoms. The highest BCUT2D eigenvalue weighted by Crippen LogP contribution is 2.19. The molecule has 8 heteroatoms. The molecule has 0 amide bonds. The van der Waals surface area contributed by atoms with Crippen molar-refractivity contribution in [2.45, 2.75) is 46.3 Å². The van der Waals surface area contributed by atoms with Gasteiger partial charge in [0.2, 0.25) is 0 Å². The number of aliphatic hydroxyl groups is 1. The monoisotopic (exact) mass is 518 g/mol. The van der Waals surface area contributed by atoms with Gasteiger partial charge in [-0.15, -0.1) is 35.3 Å². The number of benzene rings is 1. The van der Waals surface area contributed by atoms with E-state index in [1.165, 1.54) is 0 Å². The molecular weight excluding hydrogens is 487 g/mol. The molecule has 0 radical (unpaired) electrons. The number of hydrogen-bond donors (Lipinski definition) is 3. The summed E-state index contributed by atoms with van der Waals surface area (Å²) in [6.45, 7) is 9.80. The number of aliphatic imine (C=N–C) groups is 1. The fourth-order valence-corrected chi connectivity index (χ4v) is 3.14. The molecule has 1 heterocycles. The molecule has 1 aromatic heterocycles. The van der Waals surface area contributed by atoms with E-state index >= 15 is 0 Å². The van der Waals surface area contributed by atoms with E-state index in [0.717, 1.165) is 41.5 Å². The first-order valence-electron chi connectivity index (χ1n) is 9.35. The summed E-state index contributed by atoms with van der Waals surface area (Å²) in [4.78, 5) is 8.95. The van der Waals surface area contributed by atoms with Crippen LogP contribution in [0.25, 0.3) is 0 Å². The number of nitrogens with one attached hydrogen (secondary N) is 2. The Bertz CT molecular complexity index is 719. The summed E-state index contributed by atoms with van der Waals surface area (Å²) in [6, 6.07) is 7.51. The van der Waals surface area contributed by atoms with Crippen LogP contribution in [0.5, 0.6) is 5.75 Å². The molecule has 0 saturated heterocycles. The van der Waals surface area contributed by atoms with Gasteiger partial charge in [0, 0.05) is 24.9 Å². The first-order valence-corrected chi connectivity index (χ1v) is 10.2. The minimum absolute atomic E-state index is 0. The number of aliphatic hydroxyl groups excluding tert-OH is 1. The van der Waals surface area contributed by atoms with Crippen LogP contribution in [0.2, 0.25) is 0 Å². The lowest BCUT2D eigenvalue weighted by Gasteiger charge is -2.14. The van der Waals surface area contributed by atoms with Crippen LogP contribution in [0.15, 0.2) is 34.6 Å². The van der Waals surface area contributed by atoms with Gasteiger partial charge in [0.05, 0.1) is 29.5 Å². The van der Waals surface area contributed by atoms with Gasteiger partial charge >= 0.3 is 0 Å². The quantitative estimate of drug-likeness (QED) is 0.268. The van der Waals surface area contributed by atoms with Crippen molar-refractivity contribution in [1.29, 1.82) is 0 Å². The van der Waals surface area contributed by atoms with Crippen molar-refractivity contribution in [3.8, 4) is 5.75 Å². The zero-order valence-electron chi connectivity index (χ0n) is 16.9. The van der Waals surface area contributed by atoms with Gasteiger partial charge in [-0.3, -0.25) is 4.99 Å². The number of rotatable bonds is 9. The molecule has 2 rings (SSSR count). The number of guanidine groups is 1. The molecule has 28 heavy (non-hydrogen) atoms. The summed E-state index contributed by atoms with van der Waals surface area (Å²) in [6.07, 6.45) is 0.316. The summed E-state index contributed by atoms with van der Waals surface area (Å²) in [5.41, 5.74) is 1.91. The molecule has 1 aromatic carbocycles. The van der Waals surface area contributed by atoms with Crippen molar-refractivity contribution in [2.75, 3.05) is 19.6 Å². The van der Waals surface area contributed by atoms with E-state index in [1.54, 1.807) is 11.3 Å². The lowest BCUT2D eigenvalue weighted by atomic mass is 10.1. The fourth-order valence-electron chi connectivity index (χ4n) is 2.50. The van der Waals surface area contributed by atoms with Crippen molar-refractivity contribution < 1.29 is 9.84 Å². The van der Waals surface area contributed by atoms with Crippen LogP contribution in [-0.2, 0) is 6.42 Å². The molecule has 156 valence electrons. The Morgan fingerprint density at radius 3 is 2.54 bits per heavy atom. The van der Waals surface area contributed by atoms with Gasteiger partial charge in [-0.1, -0.05) is 12.1 Å². The average Bonchev–Trinajstić information content (AvgIpc) is 3.04. The maximum absolute atomic E-state index is 10.4. The number of nitrogens with zero attached hydrogens (tertiary/aromatic N) is 2. The van der Waals surface area contributed by atoms with Crippen molar-refractivity contribution in [1.82, 2.24) is 15.6 Å². The molecule has 3 N–H and O–H groups in total. The molecule has 6 nitrogen and oxygen atoms in total. The predicted octanol–water partition coefficient (Wildman–Crippen LogP) is 3.69. The van der Waals surface area contributed by atoms with Gasteiger partial charge in [0.1, 0.15) is 5.75 Å². The van der Waals surface area contributed by atoms with E-state index in [1.807, 2.05) is 52.0 Å². The molecule has 0 saturated carbocycles. The Balaban J connectivity index is 0.00000392. The highest BCUT2D eigenvalue weighted by Gasteiger charge is 2.08. The van der Waals surface area contributed by atoms with Crippen molar-refractivity contribution in [3.63, 3.8) is 0 Å². The number of aryl methyl sites for hydroxylation is 1. The summed E-state index contributed by atoms with van der Waals surface area (Å²) in [5.74, 6) is 1.50. The smallest absolute Gasteiger partial charge is 0.191 e. The lowest BCUT2D eigenvalue weighted by molar-refractivity contribution is 0.186. The second-order valence-electron chi connectivity index (χ2n) is 6.51. The topological polar surface area (TPSA) is 78.8 Å². The molecule has 0 bridgehead atoms. The zero-order chi connectivity index (χ0) is 19.6. The lowest BCUT2D eigenvalue weighted by Crippen LogP contribution is -2.38. The number of hydrogen-bond acceptors (Lipinski definition) is 5. The van der Waals surface area contributed by atoms with Crippen LogP contribution in [0, 0.1) is 6.92 Å². The van der Waals surface area contributed by atoms with Crippen LogP contribution >= 0.6 is 35.3 Å². The van der Waals surface area contributed by atoms with Gasteiger partial charge in [0.25, 0.3) is 0 Å². The van der Waals surface area contributed by atoms with Gasteiger partial charge in [-0.25, -0.2) is 4.98 Å². The van der Waals surface area contributed by atoms with E-state index in [2.05, 4.69) is 26.0 Å². The van der Waals surface area contributed by atoms with Crippen LogP contribution < -0.4 is 15.4 Å². The Kier molecular flexibility index (Phi) is 11.4. The second kappa shape index (κ2) is 12.9. The van der Waals surface area contributed by atoms with Gasteiger partial charge in [-0.2, -0.15) is 0 Å².